The number of rotatable bonds is 5. The molecule has 0 radical (unpaired) electrons. The first kappa shape index (κ1) is 26.1. The van der Waals surface area contributed by atoms with Gasteiger partial charge in [0.2, 0.25) is 0 Å². The lowest BCUT2D eigenvalue weighted by molar-refractivity contribution is -0.0530. The van der Waals surface area contributed by atoms with Gasteiger partial charge in [0.05, 0.1) is 4.90 Å². The summed E-state index contributed by atoms with van der Waals surface area (Å²) in [4.78, 5) is 13.6. The fourth-order valence-electron chi connectivity index (χ4n) is 3.02. The molecular formula is C19H24F3NO7S2. The van der Waals surface area contributed by atoms with Crippen LogP contribution in [0.15, 0.2) is 34.9 Å². The van der Waals surface area contributed by atoms with Crippen LogP contribution in [0, 0.1) is 12.8 Å². The molecule has 1 aliphatic heterocycles. The summed E-state index contributed by atoms with van der Waals surface area (Å²) >= 11 is -2.39. The maximum atomic E-state index is 12.9. The highest BCUT2D eigenvalue weighted by Crippen LogP contribution is 2.33. The van der Waals surface area contributed by atoms with Crippen molar-refractivity contribution in [1.29, 1.82) is 0 Å². The average molecular weight is 500 g/mol. The summed E-state index contributed by atoms with van der Waals surface area (Å²) in [7, 11) is -5.94. The Balaban J connectivity index is 2.42. The Bertz CT molecular complexity index is 1030. The van der Waals surface area contributed by atoms with E-state index >= 15 is 0 Å². The van der Waals surface area contributed by atoms with Crippen molar-refractivity contribution in [3.05, 3.63) is 41.2 Å². The van der Waals surface area contributed by atoms with Gasteiger partial charge in [0.15, 0.2) is 11.1 Å². The maximum Gasteiger partial charge on any atom is 0.534 e. The van der Waals surface area contributed by atoms with Crippen molar-refractivity contribution in [2.24, 2.45) is 5.92 Å². The van der Waals surface area contributed by atoms with Crippen molar-refractivity contribution in [3.63, 3.8) is 0 Å². The minimum atomic E-state index is -5.94. The van der Waals surface area contributed by atoms with Gasteiger partial charge in [-0.05, 0) is 51.8 Å². The molecule has 0 bridgehead atoms. The molecule has 2 unspecified atom stereocenters. The fraction of sp³-hybridized carbons (Fsp3) is 0.526. The van der Waals surface area contributed by atoms with E-state index in [0.29, 0.717) is 11.1 Å². The van der Waals surface area contributed by atoms with Crippen LogP contribution in [0.5, 0.6) is 0 Å². The van der Waals surface area contributed by atoms with E-state index in [0.717, 1.165) is 6.08 Å². The van der Waals surface area contributed by atoms with E-state index in [9.17, 15) is 35.1 Å². The van der Waals surface area contributed by atoms with Crippen LogP contribution in [0.1, 0.15) is 31.9 Å². The number of benzene rings is 1. The van der Waals surface area contributed by atoms with Crippen molar-refractivity contribution in [3.8, 4) is 0 Å². The molecule has 13 heteroatoms. The zero-order valence-corrected chi connectivity index (χ0v) is 19.4. The summed E-state index contributed by atoms with van der Waals surface area (Å²) in [6, 6.07) is 4.54. The predicted molar refractivity (Wildman–Crippen MR) is 109 cm³/mol. The van der Waals surface area contributed by atoms with E-state index in [-0.39, 0.29) is 24.4 Å². The number of hydrogen-bond acceptors (Lipinski definition) is 6. The smallest absolute Gasteiger partial charge is 0.444 e. The summed E-state index contributed by atoms with van der Waals surface area (Å²) in [5, 5.41) is 0. The number of aryl methyl sites for hydroxylation is 1. The molecule has 1 heterocycles. The van der Waals surface area contributed by atoms with E-state index in [4.69, 9.17) is 4.74 Å². The molecule has 0 aromatic heterocycles. The molecule has 1 aromatic rings. The number of carbonyl (C=O) groups is 1. The summed E-state index contributed by atoms with van der Waals surface area (Å²) in [5.41, 5.74) is -5.45. The van der Waals surface area contributed by atoms with Gasteiger partial charge in [-0.3, -0.25) is 0 Å². The number of carbonyl (C=O) groups excluding carboxylic acids is 1. The Hall–Kier alpha value is -2.12. The van der Waals surface area contributed by atoms with Crippen LogP contribution < -0.4 is 0 Å². The average Bonchev–Trinajstić information content (AvgIpc) is 2.60. The Morgan fingerprint density at radius 3 is 2.44 bits per heavy atom. The minimum absolute atomic E-state index is 0.0167. The van der Waals surface area contributed by atoms with Crippen LogP contribution >= 0.6 is 0 Å². The summed E-state index contributed by atoms with van der Waals surface area (Å²) in [6.45, 7) is 6.18. The van der Waals surface area contributed by atoms with Gasteiger partial charge in [0.25, 0.3) is 0 Å². The third-order valence-electron chi connectivity index (χ3n) is 4.37. The number of halogens is 3. The molecule has 0 saturated carbocycles. The van der Waals surface area contributed by atoms with Gasteiger partial charge in [-0.25, -0.2) is 9.00 Å². The van der Waals surface area contributed by atoms with Crippen molar-refractivity contribution in [2.75, 3.05) is 13.1 Å². The number of amides is 1. The highest BCUT2D eigenvalue weighted by Gasteiger charge is 2.49. The molecule has 0 fully saturated rings. The highest BCUT2D eigenvalue weighted by molar-refractivity contribution is 7.87. The van der Waals surface area contributed by atoms with Gasteiger partial charge in [0.1, 0.15) is 11.4 Å². The lowest BCUT2D eigenvalue weighted by Gasteiger charge is -2.34. The lowest BCUT2D eigenvalue weighted by atomic mass is 9.93. The first-order valence-corrected chi connectivity index (χ1v) is 11.9. The molecule has 180 valence electrons. The summed E-state index contributed by atoms with van der Waals surface area (Å²) in [6.07, 6.45) is 0.167. The minimum Gasteiger partial charge on any atom is -0.444 e. The van der Waals surface area contributed by atoms with E-state index in [1.54, 1.807) is 39.8 Å². The Kier molecular flexibility index (Phi) is 7.67. The van der Waals surface area contributed by atoms with Crippen molar-refractivity contribution < 1.29 is 44.1 Å². The summed E-state index contributed by atoms with van der Waals surface area (Å²) in [5.74, 6) is -1.55. The molecule has 2 atom stereocenters. The maximum absolute atomic E-state index is 12.9. The molecule has 0 spiro atoms. The second-order valence-corrected chi connectivity index (χ2v) is 10.7. The quantitative estimate of drug-likeness (QED) is 0.373. The van der Waals surface area contributed by atoms with Crippen LogP contribution in [-0.2, 0) is 36.5 Å². The van der Waals surface area contributed by atoms with Crippen LogP contribution in [0.3, 0.4) is 0 Å². The SMILES string of the molecule is Cc1ccc(S(=O)O)c(CC2CN(C(=O)OC(C)(C)C)CC=C2OS(=O)(=O)C(F)(F)F)c1. The number of nitrogens with zero attached hydrogens (tertiary/aromatic N) is 1. The second kappa shape index (κ2) is 9.40. The van der Waals surface area contributed by atoms with Gasteiger partial charge in [-0.15, -0.1) is 0 Å². The molecule has 2 rings (SSSR count). The second-order valence-electron chi connectivity index (χ2n) is 8.24. The molecule has 1 aliphatic rings. The van der Waals surface area contributed by atoms with E-state index in [1.165, 1.54) is 11.0 Å². The Morgan fingerprint density at radius 2 is 1.91 bits per heavy atom. The highest BCUT2D eigenvalue weighted by atomic mass is 32.2. The molecule has 32 heavy (non-hydrogen) atoms. The van der Waals surface area contributed by atoms with E-state index in [2.05, 4.69) is 4.18 Å². The van der Waals surface area contributed by atoms with Crippen LogP contribution in [-0.4, -0.2) is 52.4 Å². The monoisotopic (exact) mass is 499 g/mol. The topological polar surface area (TPSA) is 110 Å². The molecule has 0 aliphatic carbocycles. The number of ether oxygens (including phenoxy) is 1. The van der Waals surface area contributed by atoms with Gasteiger partial charge >= 0.3 is 21.7 Å². The lowest BCUT2D eigenvalue weighted by Crippen LogP contribution is -2.43. The third-order valence-corrected chi connectivity index (χ3v) is 6.12. The molecule has 1 amide bonds. The number of alkyl halides is 3. The van der Waals surface area contributed by atoms with Gasteiger partial charge in [0, 0.05) is 19.0 Å². The van der Waals surface area contributed by atoms with Crippen LogP contribution in [0.4, 0.5) is 18.0 Å². The van der Waals surface area contributed by atoms with E-state index in [1.807, 2.05) is 0 Å². The first-order valence-electron chi connectivity index (χ1n) is 9.39. The van der Waals surface area contributed by atoms with Gasteiger partial charge in [-0.1, -0.05) is 17.7 Å². The van der Waals surface area contributed by atoms with Crippen molar-refractivity contribution >= 4 is 27.3 Å². The van der Waals surface area contributed by atoms with E-state index < -0.39 is 50.1 Å². The fourth-order valence-corrected chi connectivity index (χ4v) is 4.12. The Labute approximate surface area is 186 Å². The largest absolute Gasteiger partial charge is 0.534 e. The zero-order valence-electron chi connectivity index (χ0n) is 17.8. The normalized spacial score (nSPS) is 18.7. The van der Waals surface area contributed by atoms with Crippen LogP contribution in [0.2, 0.25) is 0 Å². The van der Waals surface area contributed by atoms with Gasteiger partial charge < -0.3 is 18.4 Å². The molecule has 8 nitrogen and oxygen atoms in total. The third kappa shape index (κ3) is 6.69. The Morgan fingerprint density at radius 1 is 1.28 bits per heavy atom. The van der Waals surface area contributed by atoms with Crippen LogP contribution in [0.25, 0.3) is 0 Å². The standard InChI is InChI=1S/C19H24F3NO7S2/c1-12-5-6-16(31(25)26)13(9-12)10-14-11-23(17(24)29-18(2,3)4)8-7-15(14)30-32(27,28)19(20,21)22/h5-7,9,14H,8,10-11H2,1-4H3,(H,25,26). The first-order chi connectivity index (χ1) is 14.5. The molecule has 0 saturated heterocycles. The predicted octanol–water partition coefficient (Wildman–Crippen LogP) is 3.74. The van der Waals surface area contributed by atoms with Crippen molar-refractivity contribution in [2.45, 2.75) is 50.1 Å². The summed E-state index contributed by atoms with van der Waals surface area (Å²) < 4.78 is 92.6. The van der Waals surface area contributed by atoms with Gasteiger partial charge in [-0.2, -0.15) is 21.6 Å². The van der Waals surface area contributed by atoms with Crippen molar-refractivity contribution in [1.82, 2.24) is 4.90 Å². The molecular weight excluding hydrogens is 475 g/mol. The number of hydrogen-bond donors (Lipinski definition) is 1. The zero-order chi connectivity index (χ0) is 24.5. The molecule has 1 N–H and O–H groups in total. The molecule has 1 aromatic carbocycles.